The van der Waals surface area contributed by atoms with E-state index in [9.17, 15) is 10.1 Å². The fourth-order valence-corrected chi connectivity index (χ4v) is 1.90. The first-order valence-corrected chi connectivity index (χ1v) is 6.38. The van der Waals surface area contributed by atoms with Crippen molar-refractivity contribution in [2.45, 2.75) is 20.3 Å². The average Bonchev–Trinajstić information content (AvgIpc) is 2.48. The largest absolute Gasteiger partial charge is 0.455 e. The summed E-state index contributed by atoms with van der Waals surface area (Å²) in [6, 6.07) is 9.52. The van der Waals surface area contributed by atoms with Crippen LogP contribution < -0.4 is 4.74 Å². The van der Waals surface area contributed by atoms with Crippen molar-refractivity contribution >= 4 is 5.69 Å². The van der Waals surface area contributed by atoms with Crippen LogP contribution in [0.5, 0.6) is 11.5 Å². The van der Waals surface area contributed by atoms with E-state index in [0.717, 1.165) is 11.4 Å². The Morgan fingerprint density at radius 3 is 2.76 bits per heavy atom. The molecule has 1 heterocycles. The predicted molar refractivity (Wildman–Crippen MR) is 76.2 cm³/mol. The summed E-state index contributed by atoms with van der Waals surface area (Å²) in [7, 11) is 0. The summed E-state index contributed by atoms with van der Waals surface area (Å²) in [6.07, 6.45) is 0.703. The molecule has 0 amide bonds. The highest BCUT2D eigenvalue weighted by Crippen LogP contribution is 2.29. The van der Waals surface area contributed by atoms with Crippen molar-refractivity contribution in [1.29, 1.82) is 5.26 Å². The van der Waals surface area contributed by atoms with Gasteiger partial charge in [-0.15, -0.1) is 0 Å². The fourth-order valence-electron chi connectivity index (χ4n) is 1.90. The van der Waals surface area contributed by atoms with Gasteiger partial charge in [-0.3, -0.25) is 15.1 Å². The van der Waals surface area contributed by atoms with Gasteiger partial charge in [-0.2, -0.15) is 5.26 Å². The number of aryl methyl sites for hydroxylation is 2. The maximum Gasteiger partial charge on any atom is 0.287 e. The highest BCUT2D eigenvalue weighted by Gasteiger charge is 2.15. The second-order valence-corrected chi connectivity index (χ2v) is 4.40. The number of hydrogen-bond donors (Lipinski definition) is 0. The van der Waals surface area contributed by atoms with Crippen molar-refractivity contribution in [3.63, 3.8) is 0 Å². The molecular weight excluding hydrogens is 270 g/mol. The maximum atomic E-state index is 10.8. The first-order valence-electron chi connectivity index (χ1n) is 6.38. The summed E-state index contributed by atoms with van der Waals surface area (Å²) in [5, 5.41) is 19.8. The Balaban J connectivity index is 2.37. The Hall–Kier alpha value is -2.94. The number of hydrogen-bond acceptors (Lipinski definition) is 5. The molecule has 0 saturated heterocycles. The van der Waals surface area contributed by atoms with E-state index in [1.54, 1.807) is 12.1 Å². The van der Waals surface area contributed by atoms with Gasteiger partial charge in [-0.1, -0.05) is 6.92 Å². The SMILES string of the molecule is CCc1nc(C)ccc1Oc1ccc([N+](=O)[O-])c(C#N)c1. The van der Waals surface area contributed by atoms with Crippen LogP contribution in [-0.4, -0.2) is 9.91 Å². The Kier molecular flexibility index (Phi) is 4.14. The van der Waals surface area contributed by atoms with E-state index in [0.29, 0.717) is 17.9 Å². The molecule has 2 rings (SSSR count). The number of benzene rings is 1. The van der Waals surface area contributed by atoms with Crippen LogP contribution in [0, 0.1) is 28.4 Å². The second kappa shape index (κ2) is 6.01. The summed E-state index contributed by atoms with van der Waals surface area (Å²) in [5.74, 6) is 0.957. The van der Waals surface area contributed by atoms with E-state index >= 15 is 0 Å². The monoisotopic (exact) mass is 283 g/mol. The lowest BCUT2D eigenvalue weighted by Gasteiger charge is -2.10. The molecule has 6 heteroatoms. The third-order valence-electron chi connectivity index (χ3n) is 2.92. The number of nitro benzene ring substituents is 1. The zero-order valence-corrected chi connectivity index (χ0v) is 11.7. The van der Waals surface area contributed by atoms with Gasteiger partial charge >= 0.3 is 0 Å². The van der Waals surface area contributed by atoms with Crippen molar-refractivity contribution in [2.24, 2.45) is 0 Å². The molecule has 6 nitrogen and oxygen atoms in total. The van der Waals surface area contributed by atoms with E-state index in [4.69, 9.17) is 10.00 Å². The topological polar surface area (TPSA) is 89.1 Å². The van der Waals surface area contributed by atoms with E-state index in [1.807, 2.05) is 19.9 Å². The van der Waals surface area contributed by atoms with Gasteiger partial charge in [-0.05, 0) is 31.5 Å². The molecule has 1 aromatic heterocycles. The molecule has 0 aliphatic carbocycles. The first kappa shape index (κ1) is 14.5. The number of nitro groups is 1. The zero-order chi connectivity index (χ0) is 15.4. The molecule has 2 aromatic rings. The van der Waals surface area contributed by atoms with Crippen LogP contribution in [-0.2, 0) is 6.42 Å². The Bertz CT molecular complexity index is 735. The van der Waals surface area contributed by atoms with Gasteiger partial charge in [0, 0.05) is 17.8 Å². The van der Waals surface area contributed by atoms with Crippen LogP contribution in [0.25, 0.3) is 0 Å². The molecular formula is C15H13N3O3. The maximum absolute atomic E-state index is 10.8. The average molecular weight is 283 g/mol. The van der Waals surface area contributed by atoms with Gasteiger partial charge in [0.05, 0.1) is 10.6 Å². The van der Waals surface area contributed by atoms with E-state index in [1.165, 1.54) is 18.2 Å². The molecule has 106 valence electrons. The lowest BCUT2D eigenvalue weighted by atomic mass is 10.2. The van der Waals surface area contributed by atoms with Gasteiger partial charge in [-0.25, -0.2) is 0 Å². The first-order chi connectivity index (χ1) is 10.0. The lowest BCUT2D eigenvalue weighted by molar-refractivity contribution is -0.385. The lowest BCUT2D eigenvalue weighted by Crippen LogP contribution is -1.97. The van der Waals surface area contributed by atoms with Crippen molar-refractivity contribution in [2.75, 3.05) is 0 Å². The molecule has 0 spiro atoms. The van der Waals surface area contributed by atoms with Crippen LogP contribution in [0.2, 0.25) is 0 Å². The molecule has 0 unspecified atom stereocenters. The standard InChI is InChI=1S/C15H13N3O3/c1-3-13-15(7-4-10(2)17-13)21-12-5-6-14(18(19)20)11(8-12)9-16/h4-8H,3H2,1-2H3. The Morgan fingerprint density at radius 1 is 1.38 bits per heavy atom. The van der Waals surface area contributed by atoms with Crippen molar-refractivity contribution < 1.29 is 9.66 Å². The normalized spacial score (nSPS) is 9.95. The molecule has 0 N–H and O–H groups in total. The molecule has 0 radical (unpaired) electrons. The zero-order valence-electron chi connectivity index (χ0n) is 11.7. The summed E-state index contributed by atoms with van der Waals surface area (Å²) in [4.78, 5) is 14.6. The molecule has 0 atom stereocenters. The smallest absolute Gasteiger partial charge is 0.287 e. The quantitative estimate of drug-likeness (QED) is 0.632. The van der Waals surface area contributed by atoms with Gasteiger partial charge in [0.2, 0.25) is 0 Å². The van der Waals surface area contributed by atoms with Gasteiger partial charge in [0.1, 0.15) is 23.1 Å². The number of nitrogens with zero attached hydrogens (tertiary/aromatic N) is 3. The number of nitriles is 1. The second-order valence-electron chi connectivity index (χ2n) is 4.40. The minimum Gasteiger partial charge on any atom is -0.455 e. The van der Waals surface area contributed by atoms with E-state index in [-0.39, 0.29) is 11.3 Å². The third kappa shape index (κ3) is 3.15. The predicted octanol–water partition coefficient (Wildman–Crippen LogP) is 3.52. The van der Waals surface area contributed by atoms with Crippen molar-refractivity contribution in [1.82, 2.24) is 4.98 Å². The van der Waals surface area contributed by atoms with Gasteiger partial charge < -0.3 is 4.74 Å². The Labute approximate surface area is 121 Å². The van der Waals surface area contributed by atoms with Gasteiger partial charge in [0.15, 0.2) is 0 Å². The molecule has 1 aromatic carbocycles. The van der Waals surface area contributed by atoms with E-state index in [2.05, 4.69) is 4.98 Å². The molecule has 0 aliphatic heterocycles. The minimum atomic E-state index is -0.590. The minimum absolute atomic E-state index is 0.0318. The van der Waals surface area contributed by atoms with Crippen LogP contribution in [0.1, 0.15) is 23.9 Å². The summed E-state index contributed by atoms with van der Waals surface area (Å²) in [5.41, 5.74) is 1.42. The van der Waals surface area contributed by atoms with E-state index < -0.39 is 4.92 Å². The van der Waals surface area contributed by atoms with Crippen molar-refractivity contribution in [3.05, 3.63) is 57.4 Å². The van der Waals surface area contributed by atoms with Crippen LogP contribution in [0.4, 0.5) is 5.69 Å². The molecule has 0 saturated carbocycles. The number of ether oxygens (including phenoxy) is 1. The highest BCUT2D eigenvalue weighted by molar-refractivity contribution is 5.53. The Morgan fingerprint density at radius 2 is 2.14 bits per heavy atom. The van der Waals surface area contributed by atoms with Crippen molar-refractivity contribution in [3.8, 4) is 17.6 Å². The van der Waals surface area contributed by atoms with Crippen LogP contribution >= 0.6 is 0 Å². The number of pyridine rings is 1. The summed E-state index contributed by atoms with van der Waals surface area (Å²) >= 11 is 0. The molecule has 0 aliphatic rings. The number of aromatic nitrogens is 1. The molecule has 0 fully saturated rings. The summed E-state index contributed by atoms with van der Waals surface area (Å²) in [6.45, 7) is 3.85. The summed E-state index contributed by atoms with van der Waals surface area (Å²) < 4.78 is 5.70. The van der Waals surface area contributed by atoms with Crippen LogP contribution in [0.15, 0.2) is 30.3 Å². The highest BCUT2D eigenvalue weighted by atomic mass is 16.6. The molecule has 21 heavy (non-hydrogen) atoms. The van der Waals surface area contributed by atoms with Crippen LogP contribution in [0.3, 0.4) is 0 Å². The molecule has 0 bridgehead atoms. The third-order valence-corrected chi connectivity index (χ3v) is 2.92. The number of rotatable bonds is 4. The fraction of sp³-hybridized carbons (Fsp3) is 0.200. The van der Waals surface area contributed by atoms with Gasteiger partial charge in [0.25, 0.3) is 5.69 Å².